The maximum absolute atomic E-state index is 12.9. The number of Topliss-reactive ketones (excluding diaryl/α,β-unsaturated/α-hetero) is 1. The molecule has 2 aromatic rings. The molecule has 2 aromatic carbocycles. The summed E-state index contributed by atoms with van der Waals surface area (Å²) in [6.07, 6.45) is 5.05. The van der Waals surface area contributed by atoms with Crippen molar-refractivity contribution in [2.45, 2.75) is 50.6 Å². The summed E-state index contributed by atoms with van der Waals surface area (Å²) in [4.78, 5) is 41.6. The van der Waals surface area contributed by atoms with Crippen LogP contribution >= 0.6 is 23.2 Å². The molecule has 11 heteroatoms. The number of guanidine groups is 1. The second-order valence-corrected chi connectivity index (χ2v) is 9.71. The van der Waals surface area contributed by atoms with Crippen molar-refractivity contribution in [3.8, 4) is 6.19 Å². The minimum atomic E-state index is -1.20. The van der Waals surface area contributed by atoms with E-state index in [1.807, 2.05) is 0 Å². The van der Waals surface area contributed by atoms with Crippen molar-refractivity contribution in [1.82, 2.24) is 10.6 Å². The fraction of sp³-hybridized carbons (Fsp3) is 0.346. The Bertz CT molecular complexity index is 1210. The summed E-state index contributed by atoms with van der Waals surface area (Å²) in [5, 5.41) is 23.3. The number of hydrogen-bond acceptors (Lipinski definition) is 5. The number of amides is 1. The Hall–Kier alpha value is -3.61. The summed E-state index contributed by atoms with van der Waals surface area (Å²) in [7, 11) is 0. The Balaban J connectivity index is 1.59. The maximum Gasteiger partial charge on any atom is 0.326 e. The molecule has 1 fully saturated rings. The number of carbonyl (C=O) groups is 3. The van der Waals surface area contributed by atoms with Crippen molar-refractivity contribution in [2.75, 3.05) is 0 Å². The number of aliphatic carboxylic acids is 1. The van der Waals surface area contributed by atoms with Gasteiger partial charge in [-0.2, -0.15) is 5.26 Å². The number of aliphatic imine (C=N–C) groups is 1. The van der Waals surface area contributed by atoms with Crippen molar-refractivity contribution >= 4 is 46.8 Å². The van der Waals surface area contributed by atoms with Crippen LogP contribution in [-0.2, 0) is 22.4 Å². The first-order valence-corrected chi connectivity index (χ1v) is 12.5. The third kappa shape index (κ3) is 7.94. The number of carboxylic acids is 1. The highest BCUT2D eigenvalue weighted by Crippen LogP contribution is 2.28. The summed E-state index contributed by atoms with van der Waals surface area (Å²) in [6.45, 7) is 0. The fourth-order valence-corrected chi connectivity index (χ4v) is 4.95. The largest absolute Gasteiger partial charge is 0.480 e. The molecule has 3 atom stereocenters. The Morgan fingerprint density at radius 2 is 1.76 bits per heavy atom. The Labute approximate surface area is 224 Å². The predicted molar refractivity (Wildman–Crippen MR) is 140 cm³/mol. The van der Waals surface area contributed by atoms with Gasteiger partial charge in [-0.15, -0.1) is 0 Å². The highest BCUT2D eigenvalue weighted by Gasteiger charge is 2.27. The molecule has 1 saturated carbocycles. The van der Waals surface area contributed by atoms with E-state index in [2.05, 4.69) is 15.6 Å². The van der Waals surface area contributed by atoms with Crippen molar-refractivity contribution < 1.29 is 19.5 Å². The molecule has 0 heterocycles. The first kappa shape index (κ1) is 28.0. The van der Waals surface area contributed by atoms with Crippen LogP contribution in [0.25, 0.3) is 0 Å². The van der Waals surface area contributed by atoms with Gasteiger partial charge in [0.1, 0.15) is 11.8 Å². The predicted octanol–water partition coefficient (Wildman–Crippen LogP) is 3.47. The van der Waals surface area contributed by atoms with Crippen molar-refractivity contribution in [2.24, 2.45) is 16.6 Å². The smallest absolute Gasteiger partial charge is 0.326 e. The molecule has 37 heavy (non-hydrogen) atoms. The van der Waals surface area contributed by atoms with Crippen LogP contribution in [0.3, 0.4) is 0 Å². The van der Waals surface area contributed by atoms with E-state index in [9.17, 15) is 19.5 Å². The fourth-order valence-electron chi connectivity index (χ4n) is 4.38. The average molecular weight is 544 g/mol. The van der Waals surface area contributed by atoms with E-state index in [1.54, 1.807) is 36.5 Å². The van der Waals surface area contributed by atoms with Gasteiger partial charge < -0.3 is 16.2 Å². The van der Waals surface area contributed by atoms with Gasteiger partial charge in [-0.3, -0.25) is 14.9 Å². The molecular weight excluding hydrogens is 517 g/mol. The number of nitriles is 1. The number of benzene rings is 2. The first-order valence-electron chi connectivity index (χ1n) is 11.7. The van der Waals surface area contributed by atoms with Gasteiger partial charge >= 0.3 is 5.97 Å². The van der Waals surface area contributed by atoms with Gasteiger partial charge in [0.2, 0.25) is 5.96 Å². The SMILES string of the molecule is N#CNC(N)=N[C@H]1CCC[C@@H](C(=O)Cc2ccc(C[C@H](NC(=O)c3c(Cl)cccc3Cl)C(=O)O)cc2)C1. The zero-order valence-electron chi connectivity index (χ0n) is 19.9. The summed E-state index contributed by atoms with van der Waals surface area (Å²) < 4.78 is 0. The molecule has 0 aliphatic heterocycles. The van der Waals surface area contributed by atoms with E-state index in [1.165, 1.54) is 12.1 Å². The van der Waals surface area contributed by atoms with E-state index >= 15 is 0 Å². The average Bonchev–Trinajstić information content (AvgIpc) is 2.85. The minimum absolute atomic E-state index is 0.0191. The Morgan fingerprint density at radius 3 is 2.38 bits per heavy atom. The Morgan fingerprint density at radius 1 is 1.11 bits per heavy atom. The van der Waals surface area contributed by atoms with Gasteiger partial charge in [0, 0.05) is 18.8 Å². The van der Waals surface area contributed by atoms with Crippen LogP contribution in [0, 0.1) is 17.4 Å². The van der Waals surface area contributed by atoms with Crippen molar-refractivity contribution in [3.63, 3.8) is 0 Å². The number of nitrogens with one attached hydrogen (secondary N) is 2. The lowest BCUT2D eigenvalue weighted by Gasteiger charge is -2.26. The summed E-state index contributed by atoms with van der Waals surface area (Å²) in [5.74, 6) is -1.85. The molecule has 0 saturated heterocycles. The molecule has 0 spiro atoms. The number of halogens is 2. The number of hydrogen-bond donors (Lipinski definition) is 4. The van der Waals surface area contributed by atoms with Crippen LogP contribution in [0.15, 0.2) is 47.5 Å². The molecule has 1 aliphatic rings. The van der Waals surface area contributed by atoms with Crippen LogP contribution in [0.5, 0.6) is 0 Å². The number of nitrogens with two attached hydrogens (primary N) is 1. The minimum Gasteiger partial charge on any atom is -0.480 e. The first-order chi connectivity index (χ1) is 17.7. The zero-order chi connectivity index (χ0) is 26.9. The number of carbonyl (C=O) groups excluding carboxylic acids is 2. The second kappa shape index (κ2) is 13.1. The van der Waals surface area contributed by atoms with Crippen LogP contribution in [0.4, 0.5) is 0 Å². The summed E-state index contributed by atoms with van der Waals surface area (Å²) >= 11 is 12.1. The van der Waals surface area contributed by atoms with Crippen LogP contribution in [0.2, 0.25) is 10.0 Å². The topological polar surface area (TPSA) is 158 Å². The highest BCUT2D eigenvalue weighted by molar-refractivity contribution is 6.39. The molecular formula is C26H27Cl2N5O4. The van der Waals surface area contributed by atoms with Crippen molar-refractivity contribution in [1.29, 1.82) is 5.26 Å². The highest BCUT2D eigenvalue weighted by atomic mass is 35.5. The molecule has 0 radical (unpaired) electrons. The quantitative estimate of drug-likeness (QED) is 0.163. The van der Waals surface area contributed by atoms with E-state index in [-0.39, 0.29) is 52.2 Å². The molecule has 0 unspecified atom stereocenters. The van der Waals surface area contributed by atoms with Gasteiger partial charge in [0.25, 0.3) is 5.91 Å². The number of rotatable bonds is 9. The zero-order valence-corrected chi connectivity index (χ0v) is 21.4. The standard InChI is InChI=1S/C26H27Cl2N5O4/c27-19-5-2-6-20(28)23(19)24(35)33-21(25(36)37)11-15-7-9-16(10-8-15)12-22(34)17-3-1-4-18(13-17)32-26(30)31-14-29/h2,5-10,17-18,21H,1,3-4,11-13H2,(H,33,35)(H,36,37)(H3,30,31,32)/t17-,18+,21+/m1/s1. The van der Waals surface area contributed by atoms with Crippen LogP contribution in [-0.4, -0.2) is 40.8 Å². The summed E-state index contributed by atoms with van der Waals surface area (Å²) in [6, 6.07) is 10.3. The lowest BCUT2D eigenvalue weighted by molar-refractivity contribution is -0.139. The molecule has 5 N–H and O–H groups in total. The van der Waals surface area contributed by atoms with E-state index in [4.69, 9.17) is 34.2 Å². The molecule has 1 amide bonds. The molecule has 3 rings (SSSR count). The molecule has 9 nitrogen and oxygen atoms in total. The van der Waals surface area contributed by atoms with E-state index < -0.39 is 17.9 Å². The number of carboxylic acid groups (broad SMARTS) is 1. The van der Waals surface area contributed by atoms with Gasteiger partial charge in [-0.05, 0) is 42.5 Å². The van der Waals surface area contributed by atoms with Gasteiger partial charge in [0.05, 0.1) is 21.7 Å². The Kier molecular flexibility index (Phi) is 9.89. The molecule has 1 aliphatic carbocycles. The van der Waals surface area contributed by atoms with Gasteiger partial charge in [-0.1, -0.05) is 60.0 Å². The van der Waals surface area contributed by atoms with Crippen LogP contribution in [0.1, 0.15) is 47.2 Å². The lowest BCUT2D eigenvalue weighted by atomic mass is 9.81. The lowest BCUT2D eigenvalue weighted by Crippen LogP contribution is -2.42. The van der Waals surface area contributed by atoms with E-state index in [0.29, 0.717) is 12.0 Å². The third-order valence-electron chi connectivity index (χ3n) is 6.24. The number of nitrogens with zero attached hydrogens (tertiary/aromatic N) is 2. The monoisotopic (exact) mass is 543 g/mol. The molecule has 0 aromatic heterocycles. The normalized spacial score (nSPS) is 18.4. The van der Waals surface area contributed by atoms with Gasteiger partial charge in [0.15, 0.2) is 6.19 Å². The maximum atomic E-state index is 12.9. The second-order valence-electron chi connectivity index (χ2n) is 8.89. The van der Waals surface area contributed by atoms with Gasteiger partial charge in [-0.25, -0.2) is 9.79 Å². The van der Waals surface area contributed by atoms with E-state index in [0.717, 1.165) is 24.8 Å². The summed E-state index contributed by atoms with van der Waals surface area (Å²) in [5.41, 5.74) is 7.17. The third-order valence-corrected chi connectivity index (χ3v) is 6.87. The van der Waals surface area contributed by atoms with Crippen molar-refractivity contribution in [3.05, 3.63) is 69.2 Å². The number of ketones is 1. The molecule has 0 bridgehead atoms. The molecule has 194 valence electrons. The van der Waals surface area contributed by atoms with Crippen LogP contribution < -0.4 is 16.4 Å².